The molecule has 0 spiro atoms. The van der Waals surface area contributed by atoms with Gasteiger partial charge in [-0.2, -0.15) is 0 Å². The number of fused-ring (bicyclic) bond motifs is 1. The summed E-state index contributed by atoms with van der Waals surface area (Å²) >= 11 is 0. The molecular formula is C15H19NO. The first-order valence-electron chi connectivity index (χ1n) is 6.40. The Labute approximate surface area is 102 Å². The molecule has 17 heavy (non-hydrogen) atoms. The van der Waals surface area contributed by atoms with E-state index in [0.29, 0.717) is 0 Å². The van der Waals surface area contributed by atoms with Gasteiger partial charge in [0.05, 0.1) is 5.52 Å². The number of H-pyrrole nitrogens is 1. The number of para-hydroxylation sites is 1. The molecule has 0 bridgehead atoms. The predicted molar refractivity (Wildman–Crippen MR) is 72.6 cm³/mol. The van der Waals surface area contributed by atoms with Crippen LogP contribution in [0, 0.1) is 0 Å². The molecular weight excluding hydrogens is 210 g/mol. The van der Waals surface area contributed by atoms with Crippen LogP contribution in [0.3, 0.4) is 0 Å². The highest BCUT2D eigenvalue weighted by atomic mass is 16.1. The van der Waals surface area contributed by atoms with E-state index < -0.39 is 0 Å². The molecule has 0 amide bonds. The molecule has 0 radical (unpaired) electrons. The first-order chi connectivity index (χ1) is 8.26. The van der Waals surface area contributed by atoms with E-state index in [1.807, 2.05) is 12.1 Å². The third kappa shape index (κ3) is 2.41. The minimum absolute atomic E-state index is 0.139. The lowest BCUT2D eigenvalue weighted by Gasteiger charge is -2.07. The summed E-state index contributed by atoms with van der Waals surface area (Å²) in [7, 11) is 0. The Hall–Kier alpha value is -1.57. The first-order valence-corrected chi connectivity index (χ1v) is 6.40. The van der Waals surface area contributed by atoms with Crippen LogP contribution in [-0.4, -0.2) is 4.98 Å². The van der Waals surface area contributed by atoms with Gasteiger partial charge in [0.15, 0.2) is 5.43 Å². The summed E-state index contributed by atoms with van der Waals surface area (Å²) < 4.78 is 0. The Morgan fingerprint density at radius 3 is 2.59 bits per heavy atom. The lowest BCUT2D eigenvalue weighted by atomic mass is 10.0. The van der Waals surface area contributed by atoms with Crippen LogP contribution in [0.5, 0.6) is 0 Å². The van der Waals surface area contributed by atoms with Gasteiger partial charge in [-0.15, -0.1) is 0 Å². The van der Waals surface area contributed by atoms with Gasteiger partial charge in [0.2, 0.25) is 0 Å². The second-order valence-corrected chi connectivity index (χ2v) is 4.50. The summed E-state index contributed by atoms with van der Waals surface area (Å²) in [5.41, 5.74) is 3.47. The van der Waals surface area contributed by atoms with Gasteiger partial charge in [-0.25, -0.2) is 0 Å². The van der Waals surface area contributed by atoms with E-state index in [0.717, 1.165) is 42.3 Å². The molecule has 0 atom stereocenters. The van der Waals surface area contributed by atoms with Gasteiger partial charge in [-0.05, 0) is 24.5 Å². The summed E-state index contributed by atoms with van der Waals surface area (Å²) in [6.07, 6.45) is 4.10. The van der Waals surface area contributed by atoms with E-state index in [2.05, 4.69) is 24.9 Å². The summed E-state index contributed by atoms with van der Waals surface area (Å²) in [6.45, 7) is 4.29. The topological polar surface area (TPSA) is 32.9 Å². The van der Waals surface area contributed by atoms with Crippen molar-refractivity contribution in [2.24, 2.45) is 0 Å². The smallest absolute Gasteiger partial charge is 0.189 e. The Morgan fingerprint density at radius 2 is 1.88 bits per heavy atom. The number of benzene rings is 1. The maximum absolute atomic E-state index is 12.0. The standard InChI is InChI=1S/C15H19NO/c1-3-6-11-8-5-9-13-14(17)10-12(7-4-2)16-15(11)13/h5,8-10H,3-4,6-7H2,1-2H3,(H,16,17). The van der Waals surface area contributed by atoms with Gasteiger partial charge in [-0.3, -0.25) is 4.79 Å². The fourth-order valence-corrected chi connectivity index (χ4v) is 2.27. The van der Waals surface area contributed by atoms with Crippen molar-refractivity contribution in [2.75, 3.05) is 0 Å². The van der Waals surface area contributed by atoms with Crippen molar-refractivity contribution in [3.63, 3.8) is 0 Å². The van der Waals surface area contributed by atoms with E-state index >= 15 is 0 Å². The molecule has 1 aromatic heterocycles. The van der Waals surface area contributed by atoms with Gasteiger partial charge in [0.25, 0.3) is 0 Å². The molecule has 1 aromatic carbocycles. The normalized spacial score (nSPS) is 10.9. The summed E-state index contributed by atoms with van der Waals surface area (Å²) in [6, 6.07) is 7.73. The van der Waals surface area contributed by atoms with Crippen molar-refractivity contribution in [1.29, 1.82) is 0 Å². The molecule has 2 aromatic rings. The number of aromatic amines is 1. The van der Waals surface area contributed by atoms with Crippen LogP contribution < -0.4 is 5.43 Å². The lowest BCUT2D eigenvalue weighted by Crippen LogP contribution is -2.06. The molecule has 1 N–H and O–H groups in total. The highest BCUT2D eigenvalue weighted by molar-refractivity contribution is 5.81. The van der Waals surface area contributed by atoms with Crippen molar-refractivity contribution in [3.8, 4) is 0 Å². The number of rotatable bonds is 4. The summed E-state index contributed by atoms with van der Waals surface area (Å²) in [5, 5.41) is 0.816. The Morgan fingerprint density at radius 1 is 1.12 bits per heavy atom. The number of hydrogen-bond acceptors (Lipinski definition) is 1. The highest BCUT2D eigenvalue weighted by Crippen LogP contribution is 2.16. The summed E-state index contributed by atoms with van der Waals surface area (Å²) in [5.74, 6) is 0. The fraction of sp³-hybridized carbons (Fsp3) is 0.400. The van der Waals surface area contributed by atoms with Crippen molar-refractivity contribution in [2.45, 2.75) is 39.5 Å². The molecule has 0 saturated heterocycles. The quantitative estimate of drug-likeness (QED) is 0.856. The van der Waals surface area contributed by atoms with E-state index in [1.165, 1.54) is 5.56 Å². The number of nitrogens with one attached hydrogen (secondary N) is 1. The minimum Gasteiger partial charge on any atom is -0.358 e. The third-order valence-electron chi connectivity index (χ3n) is 3.05. The van der Waals surface area contributed by atoms with Crippen molar-refractivity contribution < 1.29 is 0 Å². The number of pyridine rings is 1. The van der Waals surface area contributed by atoms with Crippen molar-refractivity contribution in [1.82, 2.24) is 4.98 Å². The van der Waals surface area contributed by atoms with E-state index in [4.69, 9.17) is 0 Å². The molecule has 0 aliphatic rings. The van der Waals surface area contributed by atoms with E-state index in [1.54, 1.807) is 6.07 Å². The molecule has 90 valence electrons. The molecule has 0 unspecified atom stereocenters. The highest BCUT2D eigenvalue weighted by Gasteiger charge is 2.05. The average molecular weight is 229 g/mol. The van der Waals surface area contributed by atoms with E-state index in [-0.39, 0.29) is 5.43 Å². The minimum atomic E-state index is 0.139. The van der Waals surface area contributed by atoms with Crippen LogP contribution in [0.1, 0.15) is 37.9 Å². The molecule has 2 rings (SSSR count). The lowest BCUT2D eigenvalue weighted by molar-refractivity contribution is 0.882. The Bertz CT molecular complexity index is 569. The fourth-order valence-electron chi connectivity index (χ4n) is 2.27. The van der Waals surface area contributed by atoms with Crippen molar-refractivity contribution >= 4 is 10.9 Å². The second-order valence-electron chi connectivity index (χ2n) is 4.50. The molecule has 0 aliphatic carbocycles. The number of aryl methyl sites for hydroxylation is 2. The maximum atomic E-state index is 12.0. The van der Waals surface area contributed by atoms with Crippen LogP contribution in [0.25, 0.3) is 10.9 Å². The van der Waals surface area contributed by atoms with Gasteiger partial charge in [0.1, 0.15) is 0 Å². The van der Waals surface area contributed by atoms with Crippen LogP contribution in [0.4, 0.5) is 0 Å². The summed E-state index contributed by atoms with van der Waals surface area (Å²) in [4.78, 5) is 15.4. The third-order valence-corrected chi connectivity index (χ3v) is 3.05. The number of hydrogen-bond donors (Lipinski definition) is 1. The SMILES string of the molecule is CCCc1cc(=O)c2cccc(CCC)c2[nH]1. The van der Waals surface area contributed by atoms with Crippen LogP contribution in [0.15, 0.2) is 29.1 Å². The van der Waals surface area contributed by atoms with Crippen molar-refractivity contribution in [3.05, 3.63) is 45.7 Å². The van der Waals surface area contributed by atoms with Crippen LogP contribution >= 0.6 is 0 Å². The zero-order valence-corrected chi connectivity index (χ0v) is 10.5. The average Bonchev–Trinajstić information content (AvgIpc) is 2.31. The van der Waals surface area contributed by atoms with Gasteiger partial charge in [0, 0.05) is 17.1 Å². The second kappa shape index (κ2) is 5.17. The molecule has 0 fully saturated rings. The zero-order chi connectivity index (χ0) is 12.3. The van der Waals surface area contributed by atoms with Gasteiger partial charge in [-0.1, -0.05) is 38.8 Å². The Balaban J connectivity index is 2.65. The maximum Gasteiger partial charge on any atom is 0.189 e. The Kier molecular flexibility index (Phi) is 3.62. The molecule has 2 nitrogen and oxygen atoms in total. The predicted octanol–water partition coefficient (Wildman–Crippen LogP) is 3.43. The monoisotopic (exact) mass is 229 g/mol. The van der Waals surface area contributed by atoms with Crippen LogP contribution in [0.2, 0.25) is 0 Å². The largest absolute Gasteiger partial charge is 0.358 e. The van der Waals surface area contributed by atoms with Crippen LogP contribution in [-0.2, 0) is 12.8 Å². The number of aromatic nitrogens is 1. The molecule has 0 saturated carbocycles. The molecule has 1 heterocycles. The van der Waals surface area contributed by atoms with Gasteiger partial charge >= 0.3 is 0 Å². The molecule has 0 aliphatic heterocycles. The van der Waals surface area contributed by atoms with Gasteiger partial charge < -0.3 is 4.98 Å². The first kappa shape index (κ1) is 11.9. The molecule has 2 heteroatoms. The van der Waals surface area contributed by atoms with E-state index in [9.17, 15) is 4.79 Å². The zero-order valence-electron chi connectivity index (χ0n) is 10.5.